The molecule has 0 amide bonds. The molecular weight excluding hydrogens is 280 g/mol. The van der Waals surface area contributed by atoms with E-state index in [1.54, 1.807) is 0 Å². The highest BCUT2D eigenvalue weighted by Crippen LogP contribution is 2.25. The molecule has 2 heterocycles. The van der Waals surface area contributed by atoms with E-state index < -0.39 is 0 Å². The molecule has 2 aromatic rings. The molecule has 1 unspecified atom stereocenters. The van der Waals surface area contributed by atoms with Gasteiger partial charge >= 0.3 is 0 Å². The van der Waals surface area contributed by atoms with E-state index in [-0.39, 0.29) is 12.6 Å². The van der Waals surface area contributed by atoms with E-state index in [4.69, 9.17) is 9.63 Å². The highest BCUT2D eigenvalue weighted by molar-refractivity contribution is 5.27. The molecule has 6 nitrogen and oxygen atoms in total. The summed E-state index contributed by atoms with van der Waals surface area (Å²) >= 11 is 0. The highest BCUT2D eigenvalue weighted by Gasteiger charge is 2.20. The van der Waals surface area contributed by atoms with Crippen molar-refractivity contribution in [3.8, 4) is 0 Å². The first kappa shape index (κ1) is 16.7. The maximum Gasteiger partial charge on any atom is 0.138 e. The third kappa shape index (κ3) is 3.23. The van der Waals surface area contributed by atoms with Crippen LogP contribution >= 0.6 is 0 Å². The molecule has 22 heavy (non-hydrogen) atoms. The Bertz CT molecular complexity index is 611. The van der Waals surface area contributed by atoms with Gasteiger partial charge in [0.05, 0.1) is 24.5 Å². The molecule has 0 aliphatic rings. The van der Waals surface area contributed by atoms with Gasteiger partial charge in [-0.1, -0.05) is 12.1 Å². The van der Waals surface area contributed by atoms with Gasteiger partial charge in [0, 0.05) is 29.4 Å². The summed E-state index contributed by atoms with van der Waals surface area (Å²) in [4.78, 5) is 0. The molecule has 0 fully saturated rings. The van der Waals surface area contributed by atoms with Gasteiger partial charge in [-0.15, -0.1) is 0 Å². The van der Waals surface area contributed by atoms with Crippen LogP contribution in [-0.4, -0.2) is 26.7 Å². The number of aliphatic hydroxyl groups is 1. The third-order valence-corrected chi connectivity index (χ3v) is 4.21. The van der Waals surface area contributed by atoms with Gasteiger partial charge in [-0.3, -0.25) is 4.68 Å². The predicted molar refractivity (Wildman–Crippen MR) is 84.6 cm³/mol. The van der Waals surface area contributed by atoms with Crippen LogP contribution in [-0.2, 0) is 13.1 Å². The number of aromatic nitrogens is 3. The number of nitrogens with one attached hydrogen (secondary N) is 1. The van der Waals surface area contributed by atoms with Gasteiger partial charge in [0.2, 0.25) is 0 Å². The molecule has 2 N–H and O–H groups in total. The summed E-state index contributed by atoms with van der Waals surface area (Å²) < 4.78 is 7.14. The van der Waals surface area contributed by atoms with Crippen LogP contribution in [0.1, 0.15) is 53.4 Å². The molecule has 1 atom stereocenters. The Balaban J connectivity index is 2.15. The van der Waals surface area contributed by atoms with E-state index in [2.05, 4.69) is 22.5 Å². The molecule has 0 spiro atoms. The van der Waals surface area contributed by atoms with Crippen LogP contribution in [0.5, 0.6) is 0 Å². The van der Waals surface area contributed by atoms with Crippen molar-refractivity contribution in [1.29, 1.82) is 0 Å². The lowest BCUT2D eigenvalue weighted by Crippen LogP contribution is -2.22. The van der Waals surface area contributed by atoms with Crippen molar-refractivity contribution >= 4 is 0 Å². The first-order valence-electron chi connectivity index (χ1n) is 7.79. The molecule has 6 heteroatoms. The monoisotopic (exact) mass is 306 g/mol. The standard InChI is InChI=1S/C16H26N4O2/c1-6-15(16-11(3)19-22-13(16)5)17-9-14-10(2)18-20(7-8-21)12(14)4/h15,17,21H,6-9H2,1-5H3. The summed E-state index contributed by atoms with van der Waals surface area (Å²) in [6.45, 7) is 11.5. The average molecular weight is 306 g/mol. The van der Waals surface area contributed by atoms with Gasteiger partial charge in [-0.2, -0.15) is 5.10 Å². The lowest BCUT2D eigenvalue weighted by molar-refractivity contribution is 0.267. The number of aliphatic hydroxyl groups excluding tert-OH is 1. The number of nitrogens with zero attached hydrogens (tertiary/aromatic N) is 3. The lowest BCUT2D eigenvalue weighted by atomic mass is 10.0. The maximum atomic E-state index is 9.09. The molecule has 0 bridgehead atoms. The zero-order valence-electron chi connectivity index (χ0n) is 14.1. The summed E-state index contributed by atoms with van der Waals surface area (Å²) in [5.41, 5.74) is 5.40. The summed E-state index contributed by atoms with van der Waals surface area (Å²) in [7, 11) is 0. The van der Waals surface area contributed by atoms with E-state index in [9.17, 15) is 0 Å². The Morgan fingerprint density at radius 2 is 1.95 bits per heavy atom. The molecular formula is C16H26N4O2. The van der Waals surface area contributed by atoms with Crippen molar-refractivity contribution in [3.63, 3.8) is 0 Å². The topological polar surface area (TPSA) is 76.1 Å². The fraction of sp³-hybridized carbons (Fsp3) is 0.625. The van der Waals surface area contributed by atoms with Crippen LogP contribution in [0.2, 0.25) is 0 Å². The van der Waals surface area contributed by atoms with Crippen LogP contribution < -0.4 is 5.32 Å². The molecule has 2 aromatic heterocycles. The van der Waals surface area contributed by atoms with Crippen LogP contribution in [0.25, 0.3) is 0 Å². The third-order valence-electron chi connectivity index (χ3n) is 4.21. The summed E-state index contributed by atoms with van der Waals surface area (Å²) in [5, 5.41) is 21.2. The largest absolute Gasteiger partial charge is 0.394 e. The second-order valence-electron chi connectivity index (χ2n) is 5.68. The molecule has 0 aliphatic carbocycles. The molecule has 0 aliphatic heterocycles. The van der Waals surface area contributed by atoms with E-state index >= 15 is 0 Å². The van der Waals surface area contributed by atoms with E-state index in [0.717, 1.165) is 41.4 Å². The van der Waals surface area contributed by atoms with E-state index in [0.29, 0.717) is 6.54 Å². The minimum atomic E-state index is 0.103. The van der Waals surface area contributed by atoms with Crippen molar-refractivity contribution in [3.05, 3.63) is 34.0 Å². The van der Waals surface area contributed by atoms with Crippen LogP contribution in [0.3, 0.4) is 0 Å². The maximum absolute atomic E-state index is 9.09. The molecule has 0 radical (unpaired) electrons. The van der Waals surface area contributed by atoms with Crippen molar-refractivity contribution < 1.29 is 9.63 Å². The van der Waals surface area contributed by atoms with E-state index in [1.165, 1.54) is 5.56 Å². The molecule has 122 valence electrons. The van der Waals surface area contributed by atoms with Crippen molar-refractivity contribution in [1.82, 2.24) is 20.3 Å². The van der Waals surface area contributed by atoms with Gasteiger partial charge in [0.1, 0.15) is 5.76 Å². The quantitative estimate of drug-likeness (QED) is 0.821. The van der Waals surface area contributed by atoms with Gasteiger partial charge in [-0.25, -0.2) is 0 Å². The second-order valence-corrected chi connectivity index (χ2v) is 5.68. The zero-order chi connectivity index (χ0) is 16.3. The van der Waals surface area contributed by atoms with Crippen molar-refractivity contribution in [2.45, 2.75) is 60.2 Å². The van der Waals surface area contributed by atoms with Crippen molar-refractivity contribution in [2.75, 3.05) is 6.61 Å². The smallest absolute Gasteiger partial charge is 0.138 e. The number of hydrogen-bond donors (Lipinski definition) is 2. The van der Waals surface area contributed by atoms with Crippen LogP contribution in [0.4, 0.5) is 0 Å². The minimum absolute atomic E-state index is 0.103. The van der Waals surface area contributed by atoms with Gasteiger partial charge < -0.3 is 14.9 Å². The molecule has 2 rings (SSSR count). The lowest BCUT2D eigenvalue weighted by Gasteiger charge is -2.17. The van der Waals surface area contributed by atoms with Gasteiger partial charge in [0.15, 0.2) is 0 Å². The summed E-state index contributed by atoms with van der Waals surface area (Å²) in [6, 6.07) is 0.214. The van der Waals surface area contributed by atoms with Crippen LogP contribution in [0, 0.1) is 27.7 Å². The van der Waals surface area contributed by atoms with Crippen molar-refractivity contribution in [2.24, 2.45) is 0 Å². The predicted octanol–water partition coefficient (Wildman–Crippen LogP) is 2.34. The first-order valence-corrected chi connectivity index (χ1v) is 7.79. The fourth-order valence-corrected chi connectivity index (χ4v) is 2.97. The Kier molecular flexibility index (Phi) is 5.37. The summed E-state index contributed by atoms with van der Waals surface area (Å²) in [6.07, 6.45) is 0.964. The number of aryl methyl sites for hydroxylation is 3. The zero-order valence-corrected chi connectivity index (χ0v) is 14.1. The average Bonchev–Trinajstić information content (AvgIpc) is 2.95. The fourth-order valence-electron chi connectivity index (χ4n) is 2.97. The highest BCUT2D eigenvalue weighted by atomic mass is 16.5. The second kappa shape index (κ2) is 7.07. The van der Waals surface area contributed by atoms with Gasteiger partial charge in [0.25, 0.3) is 0 Å². The SMILES string of the molecule is CCC(NCc1c(C)nn(CCO)c1C)c1c(C)noc1C. The Morgan fingerprint density at radius 3 is 2.50 bits per heavy atom. The Hall–Kier alpha value is -1.66. The molecule has 0 saturated heterocycles. The minimum Gasteiger partial charge on any atom is -0.394 e. The molecule has 0 aromatic carbocycles. The molecule has 0 saturated carbocycles. The van der Waals surface area contributed by atoms with E-state index in [1.807, 2.05) is 32.4 Å². The van der Waals surface area contributed by atoms with Crippen LogP contribution in [0.15, 0.2) is 4.52 Å². The van der Waals surface area contributed by atoms with Gasteiger partial charge in [-0.05, 0) is 34.1 Å². The normalized spacial score (nSPS) is 12.8. The Labute approximate surface area is 131 Å². The first-order chi connectivity index (χ1) is 10.5. The Morgan fingerprint density at radius 1 is 1.23 bits per heavy atom. The number of rotatable bonds is 7. The summed E-state index contributed by atoms with van der Waals surface area (Å²) in [5.74, 6) is 0.876. The number of hydrogen-bond acceptors (Lipinski definition) is 5.